The first kappa shape index (κ1) is 13.6. The minimum atomic E-state index is 0.352. The van der Waals surface area contributed by atoms with Crippen LogP contribution in [0.15, 0.2) is 6.07 Å². The van der Waals surface area contributed by atoms with Crippen molar-refractivity contribution in [2.75, 3.05) is 6.54 Å². The molecule has 1 saturated carbocycles. The van der Waals surface area contributed by atoms with Crippen LogP contribution < -0.4 is 5.32 Å². The van der Waals surface area contributed by atoms with Crippen LogP contribution in [0.4, 0.5) is 0 Å². The summed E-state index contributed by atoms with van der Waals surface area (Å²) in [5.74, 6) is 0. The average molecular weight is 249 g/mol. The Hall–Kier alpha value is -0.830. The lowest BCUT2D eigenvalue weighted by atomic mass is 9.70. The van der Waals surface area contributed by atoms with Crippen LogP contribution in [0.2, 0.25) is 0 Å². The van der Waals surface area contributed by atoms with Gasteiger partial charge in [0.2, 0.25) is 0 Å². The van der Waals surface area contributed by atoms with E-state index in [0.29, 0.717) is 17.5 Å². The third kappa shape index (κ3) is 2.46. The molecular weight excluding hydrogens is 222 g/mol. The summed E-state index contributed by atoms with van der Waals surface area (Å²) in [4.78, 5) is 0. The molecule has 2 rings (SSSR count). The van der Waals surface area contributed by atoms with Crippen LogP contribution in [0, 0.1) is 19.3 Å². The number of rotatable bonds is 3. The number of likely N-dealkylation sites (N-methyl/N-ethyl adjacent to an activating group) is 1. The lowest BCUT2D eigenvalue weighted by molar-refractivity contribution is 0.106. The Kier molecular flexibility index (Phi) is 3.81. The highest BCUT2D eigenvalue weighted by Gasteiger charge is 2.40. The first-order chi connectivity index (χ1) is 8.45. The Balaban J connectivity index is 2.32. The van der Waals surface area contributed by atoms with Crippen LogP contribution in [0.1, 0.15) is 57.5 Å². The van der Waals surface area contributed by atoms with Crippen LogP contribution in [0.5, 0.6) is 0 Å². The summed E-state index contributed by atoms with van der Waals surface area (Å²) in [6.07, 6.45) is 3.85. The maximum absolute atomic E-state index is 4.71. The van der Waals surface area contributed by atoms with Gasteiger partial charge in [-0.1, -0.05) is 27.2 Å². The number of nitrogens with one attached hydrogen (secondary N) is 1. The van der Waals surface area contributed by atoms with E-state index in [1.54, 1.807) is 0 Å². The second kappa shape index (κ2) is 5.04. The summed E-state index contributed by atoms with van der Waals surface area (Å²) in [6.45, 7) is 12.3. The largest absolute Gasteiger partial charge is 0.312 e. The van der Waals surface area contributed by atoms with Crippen molar-refractivity contribution in [1.29, 1.82) is 0 Å². The molecular formula is C15H27N3. The molecule has 2 atom stereocenters. The molecule has 0 radical (unpaired) electrons. The first-order valence-corrected chi connectivity index (χ1v) is 7.22. The summed E-state index contributed by atoms with van der Waals surface area (Å²) in [6, 6.07) is 3.21. The molecule has 102 valence electrons. The number of nitrogens with zero attached hydrogens (tertiary/aromatic N) is 2. The van der Waals surface area contributed by atoms with Gasteiger partial charge in [-0.25, -0.2) is 0 Å². The lowest BCUT2D eigenvalue weighted by Gasteiger charge is -2.44. The molecule has 0 saturated heterocycles. The highest BCUT2D eigenvalue weighted by molar-refractivity contribution is 5.10. The van der Waals surface area contributed by atoms with E-state index >= 15 is 0 Å². The van der Waals surface area contributed by atoms with Gasteiger partial charge in [0, 0.05) is 11.7 Å². The molecule has 1 aromatic rings. The second-order valence-corrected chi connectivity index (χ2v) is 6.36. The quantitative estimate of drug-likeness (QED) is 0.891. The van der Waals surface area contributed by atoms with E-state index < -0.39 is 0 Å². The fraction of sp³-hybridized carbons (Fsp3) is 0.800. The molecule has 18 heavy (non-hydrogen) atoms. The molecule has 0 amide bonds. The summed E-state index contributed by atoms with van der Waals surface area (Å²) >= 11 is 0. The Bertz CT molecular complexity index is 406. The van der Waals surface area contributed by atoms with Crippen molar-refractivity contribution in [2.24, 2.45) is 5.41 Å². The zero-order chi connectivity index (χ0) is 13.3. The molecule has 0 bridgehead atoms. The molecule has 1 fully saturated rings. The normalized spacial score (nSPS) is 27.4. The van der Waals surface area contributed by atoms with Crippen molar-refractivity contribution >= 4 is 0 Å². The predicted octanol–water partition coefficient (Wildman–Crippen LogP) is 3.23. The van der Waals surface area contributed by atoms with Crippen LogP contribution in [0.3, 0.4) is 0 Å². The zero-order valence-electron chi connectivity index (χ0n) is 12.5. The SMILES string of the molecule is CCNC1C(n2nc(C)cc2C)CCCC1(C)C. The van der Waals surface area contributed by atoms with E-state index in [4.69, 9.17) is 5.10 Å². The lowest BCUT2D eigenvalue weighted by Crippen LogP contribution is -2.50. The number of aromatic nitrogens is 2. The Morgan fingerprint density at radius 1 is 1.44 bits per heavy atom. The minimum Gasteiger partial charge on any atom is -0.312 e. The van der Waals surface area contributed by atoms with Gasteiger partial charge in [0.25, 0.3) is 0 Å². The van der Waals surface area contributed by atoms with Gasteiger partial charge in [-0.15, -0.1) is 0 Å². The van der Waals surface area contributed by atoms with E-state index in [0.717, 1.165) is 12.2 Å². The molecule has 1 aliphatic carbocycles. The van der Waals surface area contributed by atoms with E-state index in [1.165, 1.54) is 25.0 Å². The van der Waals surface area contributed by atoms with Gasteiger partial charge in [-0.3, -0.25) is 4.68 Å². The maximum Gasteiger partial charge on any atom is 0.0680 e. The molecule has 0 spiro atoms. The Morgan fingerprint density at radius 3 is 2.72 bits per heavy atom. The summed E-state index contributed by atoms with van der Waals surface area (Å²) in [7, 11) is 0. The fourth-order valence-electron chi connectivity index (χ4n) is 3.49. The van der Waals surface area contributed by atoms with E-state index in [-0.39, 0.29) is 0 Å². The number of aryl methyl sites for hydroxylation is 2. The van der Waals surface area contributed by atoms with Gasteiger partial charge in [-0.05, 0) is 44.7 Å². The van der Waals surface area contributed by atoms with Crippen molar-refractivity contribution in [1.82, 2.24) is 15.1 Å². The second-order valence-electron chi connectivity index (χ2n) is 6.36. The smallest absolute Gasteiger partial charge is 0.0680 e. The topological polar surface area (TPSA) is 29.9 Å². The van der Waals surface area contributed by atoms with Gasteiger partial charge >= 0.3 is 0 Å². The minimum absolute atomic E-state index is 0.352. The molecule has 3 nitrogen and oxygen atoms in total. The van der Waals surface area contributed by atoms with Crippen molar-refractivity contribution in [3.63, 3.8) is 0 Å². The average Bonchev–Trinajstić information content (AvgIpc) is 2.60. The maximum atomic E-state index is 4.71. The van der Waals surface area contributed by atoms with Crippen LogP contribution >= 0.6 is 0 Å². The van der Waals surface area contributed by atoms with Crippen molar-refractivity contribution in [3.05, 3.63) is 17.5 Å². The van der Waals surface area contributed by atoms with Crippen LogP contribution in [-0.2, 0) is 0 Å². The van der Waals surface area contributed by atoms with E-state index in [2.05, 4.69) is 50.7 Å². The highest BCUT2D eigenvalue weighted by atomic mass is 15.3. The Labute approximate surface area is 111 Å². The Morgan fingerprint density at radius 2 is 2.17 bits per heavy atom. The van der Waals surface area contributed by atoms with Gasteiger partial charge in [0.1, 0.15) is 0 Å². The summed E-state index contributed by atoms with van der Waals surface area (Å²) < 4.78 is 2.25. The molecule has 0 aromatic carbocycles. The first-order valence-electron chi connectivity index (χ1n) is 7.22. The monoisotopic (exact) mass is 249 g/mol. The number of hydrogen-bond donors (Lipinski definition) is 1. The van der Waals surface area contributed by atoms with Crippen LogP contribution in [0.25, 0.3) is 0 Å². The molecule has 0 aliphatic heterocycles. The van der Waals surface area contributed by atoms with Gasteiger partial charge in [0.05, 0.1) is 11.7 Å². The van der Waals surface area contributed by atoms with E-state index in [9.17, 15) is 0 Å². The van der Waals surface area contributed by atoms with Gasteiger partial charge < -0.3 is 5.32 Å². The van der Waals surface area contributed by atoms with Crippen molar-refractivity contribution < 1.29 is 0 Å². The van der Waals surface area contributed by atoms with E-state index in [1.807, 2.05) is 0 Å². The van der Waals surface area contributed by atoms with Crippen molar-refractivity contribution in [2.45, 2.75) is 66.0 Å². The molecule has 1 aromatic heterocycles. The van der Waals surface area contributed by atoms with Gasteiger partial charge in [-0.2, -0.15) is 5.10 Å². The summed E-state index contributed by atoms with van der Waals surface area (Å²) in [5.41, 5.74) is 2.77. The molecule has 1 heterocycles. The molecule has 2 unspecified atom stereocenters. The standard InChI is InChI=1S/C15H27N3/c1-6-16-14-13(8-7-9-15(14,4)5)18-12(3)10-11(2)17-18/h10,13-14,16H,6-9H2,1-5H3. The van der Waals surface area contributed by atoms with Gasteiger partial charge in [0.15, 0.2) is 0 Å². The number of hydrogen-bond acceptors (Lipinski definition) is 2. The molecule has 3 heteroatoms. The summed E-state index contributed by atoms with van der Waals surface area (Å²) in [5, 5.41) is 8.41. The fourth-order valence-corrected chi connectivity index (χ4v) is 3.49. The molecule has 1 N–H and O–H groups in total. The predicted molar refractivity (Wildman–Crippen MR) is 75.8 cm³/mol. The van der Waals surface area contributed by atoms with Crippen molar-refractivity contribution in [3.8, 4) is 0 Å². The highest BCUT2D eigenvalue weighted by Crippen LogP contribution is 2.41. The third-order valence-corrected chi connectivity index (χ3v) is 4.33. The molecule has 1 aliphatic rings. The van der Waals surface area contributed by atoms with Crippen LogP contribution in [-0.4, -0.2) is 22.4 Å². The zero-order valence-corrected chi connectivity index (χ0v) is 12.5. The third-order valence-electron chi connectivity index (χ3n) is 4.33.